The van der Waals surface area contributed by atoms with Gasteiger partial charge in [0.05, 0.1) is 12.7 Å². The molecule has 0 fully saturated rings. The molecule has 0 radical (unpaired) electrons. The molecule has 4 aromatic rings. The third-order valence-electron chi connectivity index (χ3n) is 5.89. The molecular weight excluding hydrogens is 536 g/mol. The number of benzene rings is 3. The lowest BCUT2D eigenvalue weighted by Crippen LogP contribution is -2.53. The molecule has 8 nitrogen and oxygen atoms in total. The predicted molar refractivity (Wildman–Crippen MR) is 142 cm³/mol. The second kappa shape index (κ2) is 10.7. The van der Waals surface area contributed by atoms with Crippen LogP contribution in [0.1, 0.15) is 38.0 Å². The van der Waals surface area contributed by atoms with Crippen molar-refractivity contribution in [1.29, 1.82) is 0 Å². The number of aromatic nitrogens is 1. The monoisotopic (exact) mass is 558 g/mol. The fraction of sp³-hybridized carbons (Fsp3) is 0.107. The summed E-state index contributed by atoms with van der Waals surface area (Å²) in [4.78, 5) is 30.7. The van der Waals surface area contributed by atoms with Gasteiger partial charge < -0.3 is 14.8 Å². The molecule has 2 amide bonds. The molecule has 0 saturated heterocycles. The van der Waals surface area contributed by atoms with Crippen LogP contribution in [0, 0.1) is 0 Å². The van der Waals surface area contributed by atoms with Gasteiger partial charge in [0.1, 0.15) is 18.1 Å². The van der Waals surface area contributed by atoms with Gasteiger partial charge in [-0.3, -0.25) is 20.0 Å². The number of pyridine rings is 1. The van der Waals surface area contributed by atoms with Gasteiger partial charge in [0.25, 0.3) is 11.8 Å². The Morgan fingerprint density at radius 2 is 1.86 bits per heavy atom. The van der Waals surface area contributed by atoms with Gasteiger partial charge in [-0.1, -0.05) is 46.3 Å². The Kier molecular flexibility index (Phi) is 7.04. The van der Waals surface area contributed by atoms with Crippen LogP contribution in [0.2, 0.25) is 0 Å². The van der Waals surface area contributed by atoms with E-state index >= 15 is 0 Å². The molecule has 37 heavy (non-hydrogen) atoms. The first-order valence-corrected chi connectivity index (χ1v) is 12.3. The molecule has 2 heterocycles. The summed E-state index contributed by atoms with van der Waals surface area (Å²) in [6.07, 6.45) is 2.32. The molecule has 1 aromatic heterocycles. The number of methoxy groups -OCH3 is 1. The van der Waals surface area contributed by atoms with Crippen LogP contribution in [0.25, 0.3) is 0 Å². The Hall–Kier alpha value is -4.37. The highest BCUT2D eigenvalue weighted by atomic mass is 79.9. The van der Waals surface area contributed by atoms with Crippen molar-refractivity contribution >= 4 is 33.4 Å². The van der Waals surface area contributed by atoms with Crippen LogP contribution >= 0.6 is 15.9 Å². The Morgan fingerprint density at radius 3 is 2.68 bits per heavy atom. The fourth-order valence-electron chi connectivity index (χ4n) is 4.05. The SMILES string of the molecule is COc1cccc(COc2ccccc2[C@H]2Nc3ccc(Br)cc3C(=O)N2NC(=O)c2ccncc2)c1. The first-order chi connectivity index (χ1) is 18.0. The molecule has 0 unspecified atom stereocenters. The van der Waals surface area contributed by atoms with Gasteiger partial charge >= 0.3 is 0 Å². The number of anilines is 1. The highest BCUT2D eigenvalue weighted by Gasteiger charge is 2.36. The highest BCUT2D eigenvalue weighted by Crippen LogP contribution is 2.37. The molecule has 9 heteroatoms. The van der Waals surface area contributed by atoms with E-state index in [1.807, 2.05) is 60.7 Å². The summed E-state index contributed by atoms with van der Waals surface area (Å²) in [5.74, 6) is 0.516. The van der Waals surface area contributed by atoms with Crippen molar-refractivity contribution in [2.75, 3.05) is 12.4 Å². The normalized spacial score (nSPS) is 14.4. The van der Waals surface area contributed by atoms with Crippen molar-refractivity contribution in [1.82, 2.24) is 15.4 Å². The van der Waals surface area contributed by atoms with Crippen molar-refractivity contribution in [3.63, 3.8) is 0 Å². The van der Waals surface area contributed by atoms with E-state index in [0.29, 0.717) is 34.7 Å². The number of hydrogen-bond acceptors (Lipinski definition) is 6. The second-order valence-electron chi connectivity index (χ2n) is 8.27. The third kappa shape index (κ3) is 5.26. The van der Waals surface area contributed by atoms with Crippen LogP contribution in [-0.2, 0) is 6.61 Å². The van der Waals surface area contributed by atoms with E-state index in [-0.39, 0.29) is 5.91 Å². The predicted octanol–water partition coefficient (Wildman–Crippen LogP) is 5.34. The Morgan fingerprint density at radius 1 is 1.05 bits per heavy atom. The van der Waals surface area contributed by atoms with Crippen molar-refractivity contribution in [2.24, 2.45) is 0 Å². The summed E-state index contributed by atoms with van der Waals surface area (Å²) in [7, 11) is 1.62. The van der Waals surface area contributed by atoms with Crippen LogP contribution in [0.15, 0.2) is 95.7 Å². The molecule has 5 rings (SSSR count). The molecule has 1 aliphatic heterocycles. The minimum absolute atomic E-state index is 0.293. The number of carbonyl (C=O) groups is 2. The fourth-order valence-corrected chi connectivity index (χ4v) is 4.41. The molecule has 0 bridgehead atoms. The number of amides is 2. The van der Waals surface area contributed by atoms with E-state index in [2.05, 4.69) is 31.7 Å². The van der Waals surface area contributed by atoms with Crippen LogP contribution in [-0.4, -0.2) is 28.9 Å². The summed E-state index contributed by atoms with van der Waals surface area (Å²) in [5.41, 5.74) is 5.84. The molecule has 1 atom stereocenters. The molecule has 1 aliphatic rings. The van der Waals surface area contributed by atoms with Crippen LogP contribution in [0.5, 0.6) is 11.5 Å². The lowest BCUT2D eigenvalue weighted by molar-refractivity contribution is 0.0487. The molecule has 186 valence electrons. The zero-order valence-electron chi connectivity index (χ0n) is 19.9. The lowest BCUT2D eigenvalue weighted by atomic mass is 10.0. The number of carbonyl (C=O) groups excluding carboxylic acids is 2. The van der Waals surface area contributed by atoms with E-state index in [0.717, 1.165) is 15.8 Å². The van der Waals surface area contributed by atoms with E-state index in [1.165, 1.54) is 17.4 Å². The largest absolute Gasteiger partial charge is 0.497 e. The summed E-state index contributed by atoms with van der Waals surface area (Å²) < 4.78 is 12.3. The standard InChI is InChI=1S/C28H23BrN4O4/c1-36-21-6-4-5-18(15-21)17-37-25-8-3-2-7-22(25)26-31-24-10-9-20(29)16-23(24)28(35)33(26)32-27(34)19-11-13-30-14-12-19/h2-16,26,31H,17H2,1H3,(H,32,34)/t26-/m0/s1. The maximum atomic E-state index is 13.7. The average Bonchev–Trinajstić information content (AvgIpc) is 2.94. The zero-order valence-corrected chi connectivity index (χ0v) is 21.4. The van der Waals surface area contributed by atoms with Gasteiger partial charge in [-0.25, -0.2) is 5.01 Å². The van der Waals surface area contributed by atoms with Gasteiger partial charge in [0, 0.05) is 33.7 Å². The summed E-state index contributed by atoms with van der Waals surface area (Å²) in [6, 6.07) is 23.6. The number of hydrogen-bond donors (Lipinski definition) is 2. The van der Waals surface area contributed by atoms with Gasteiger partial charge in [0.15, 0.2) is 6.17 Å². The molecule has 0 spiro atoms. The minimum Gasteiger partial charge on any atom is -0.497 e. The summed E-state index contributed by atoms with van der Waals surface area (Å²) >= 11 is 3.43. The smallest absolute Gasteiger partial charge is 0.276 e. The Balaban J connectivity index is 1.49. The Labute approximate surface area is 222 Å². The summed E-state index contributed by atoms with van der Waals surface area (Å²) in [6.45, 7) is 0.293. The molecule has 0 aliphatic carbocycles. The number of rotatable bonds is 7. The number of fused-ring (bicyclic) bond motifs is 1. The number of ether oxygens (including phenoxy) is 2. The first kappa shape index (κ1) is 24.3. The summed E-state index contributed by atoms with van der Waals surface area (Å²) in [5, 5.41) is 4.69. The maximum Gasteiger partial charge on any atom is 0.276 e. The number of nitrogens with one attached hydrogen (secondary N) is 2. The third-order valence-corrected chi connectivity index (χ3v) is 6.38. The van der Waals surface area contributed by atoms with E-state index in [4.69, 9.17) is 9.47 Å². The molecular formula is C28H23BrN4O4. The average molecular weight is 559 g/mol. The number of nitrogens with zero attached hydrogens (tertiary/aromatic N) is 2. The number of hydrazine groups is 1. The van der Waals surface area contributed by atoms with Crippen molar-refractivity contribution in [3.05, 3.63) is 118 Å². The van der Waals surface area contributed by atoms with Gasteiger partial charge in [-0.15, -0.1) is 0 Å². The maximum absolute atomic E-state index is 13.7. The van der Waals surface area contributed by atoms with E-state index in [1.54, 1.807) is 25.3 Å². The molecule has 0 saturated carbocycles. The molecule has 2 N–H and O–H groups in total. The van der Waals surface area contributed by atoms with E-state index in [9.17, 15) is 9.59 Å². The first-order valence-electron chi connectivity index (χ1n) is 11.5. The van der Waals surface area contributed by atoms with Gasteiger partial charge in [0.2, 0.25) is 0 Å². The lowest BCUT2D eigenvalue weighted by Gasteiger charge is -2.38. The highest BCUT2D eigenvalue weighted by molar-refractivity contribution is 9.10. The zero-order chi connectivity index (χ0) is 25.8. The number of halogens is 1. The van der Waals surface area contributed by atoms with Gasteiger partial charge in [-0.2, -0.15) is 0 Å². The minimum atomic E-state index is -0.728. The van der Waals surface area contributed by atoms with Crippen molar-refractivity contribution < 1.29 is 19.1 Å². The van der Waals surface area contributed by atoms with Crippen molar-refractivity contribution in [2.45, 2.75) is 12.8 Å². The quantitative estimate of drug-likeness (QED) is 0.318. The Bertz CT molecular complexity index is 1450. The van der Waals surface area contributed by atoms with E-state index < -0.39 is 12.1 Å². The van der Waals surface area contributed by atoms with Crippen LogP contribution in [0.4, 0.5) is 5.69 Å². The van der Waals surface area contributed by atoms with Crippen LogP contribution < -0.4 is 20.2 Å². The second-order valence-corrected chi connectivity index (χ2v) is 9.18. The number of para-hydroxylation sites is 1. The van der Waals surface area contributed by atoms with Crippen molar-refractivity contribution in [3.8, 4) is 11.5 Å². The van der Waals surface area contributed by atoms with Gasteiger partial charge in [-0.05, 0) is 54.1 Å². The van der Waals surface area contributed by atoms with Crippen LogP contribution in [0.3, 0.4) is 0 Å². The topological polar surface area (TPSA) is 92.8 Å². The molecule has 3 aromatic carbocycles.